The van der Waals surface area contributed by atoms with Crippen LogP contribution in [0.3, 0.4) is 0 Å². The van der Waals surface area contributed by atoms with Crippen molar-refractivity contribution in [3.63, 3.8) is 0 Å². The zero-order valence-electron chi connectivity index (χ0n) is 9.90. The van der Waals surface area contributed by atoms with Gasteiger partial charge in [0.05, 0.1) is 0 Å². The van der Waals surface area contributed by atoms with E-state index in [0.717, 1.165) is 36.9 Å². The lowest BCUT2D eigenvalue weighted by atomic mass is 10.1. The molecule has 1 aliphatic rings. The monoisotopic (exact) mass is 298 g/mol. The molecule has 2 rings (SSSR count). The van der Waals surface area contributed by atoms with Gasteiger partial charge in [-0.05, 0) is 43.7 Å². The van der Waals surface area contributed by atoms with E-state index in [1.165, 1.54) is 5.69 Å². The molecule has 17 heavy (non-hydrogen) atoms. The fraction of sp³-hybridized carbons (Fsp3) is 0.538. The number of anilines is 1. The summed E-state index contributed by atoms with van der Waals surface area (Å²) in [5, 5.41) is 12.6. The molecule has 0 aliphatic carbocycles. The van der Waals surface area contributed by atoms with Crippen molar-refractivity contribution in [1.29, 1.82) is 0 Å². The molecule has 2 N–H and O–H groups in total. The lowest BCUT2D eigenvalue weighted by Crippen LogP contribution is -2.40. The molecule has 1 aliphatic heterocycles. The van der Waals surface area contributed by atoms with Gasteiger partial charge in [-0.25, -0.2) is 0 Å². The number of hydrogen-bond donors (Lipinski definition) is 2. The Morgan fingerprint density at radius 2 is 2.12 bits per heavy atom. The number of nitrogens with one attached hydrogen (secondary N) is 1. The Balaban J connectivity index is 2.16. The van der Waals surface area contributed by atoms with Gasteiger partial charge in [0.1, 0.15) is 0 Å². The zero-order chi connectivity index (χ0) is 12.1. The SMILES string of the molecule is OCCC1CNCCCN1c1ccc(Br)cc1. The van der Waals surface area contributed by atoms with Crippen molar-refractivity contribution in [1.82, 2.24) is 5.32 Å². The summed E-state index contributed by atoms with van der Waals surface area (Å²) in [5.74, 6) is 0. The van der Waals surface area contributed by atoms with E-state index in [1.54, 1.807) is 0 Å². The van der Waals surface area contributed by atoms with E-state index in [-0.39, 0.29) is 6.61 Å². The standard InChI is InChI=1S/C13H19BrN2O/c14-11-2-4-12(5-3-11)16-8-1-7-15-10-13(16)6-9-17/h2-5,13,15,17H,1,6-10H2. The van der Waals surface area contributed by atoms with Crippen LogP contribution in [0, 0.1) is 0 Å². The van der Waals surface area contributed by atoms with Crippen LogP contribution in [0.4, 0.5) is 5.69 Å². The molecule has 0 saturated carbocycles. The van der Waals surface area contributed by atoms with Crippen molar-refractivity contribution in [2.24, 2.45) is 0 Å². The summed E-state index contributed by atoms with van der Waals surface area (Å²) in [6.07, 6.45) is 1.97. The van der Waals surface area contributed by atoms with Crippen LogP contribution >= 0.6 is 15.9 Å². The predicted octanol–water partition coefficient (Wildman–Crippen LogP) is 2.00. The van der Waals surface area contributed by atoms with Crippen LogP contribution in [-0.4, -0.2) is 37.4 Å². The number of aliphatic hydroxyl groups excluding tert-OH is 1. The Bertz CT molecular complexity index is 342. The van der Waals surface area contributed by atoms with Crippen LogP contribution in [0.5, 0.6) is 0 Å². The smallest absolute Gasteiger partial charge is 0.0451 e. The number of aliphatic hydroxyl groups is 1. The topological polar surface area (TPSA) is 35.5 Å². The second kappa shape index (κ2) is 6.38. The first kappa shape index (κ1) is 12.9. The van der Waals surface area contributed by atoms with Crippen molar-refractivity contribution < 1.29 is 5.11 Å². The van der Waals surface area contributed by atoms with Crippen molar-refractivity contribution >= 4 is 21.6 Å². The van der Waals surface area contributed by atoms with Gasteiger partial charge in [-0.15, -0.1) is 0 Å². The molecular formula is C13H19BrN2O. The molecule has 0 spiro atoms. The van der Waals surface area contributed by atoms with Crippen molar-refractivity contribution in [2.45, 2.75) is 18.9 Å². The Labute approximate surface area is 111 Å². The van der Waals surface area contributed by atoms with E-state index in [1.807, 2.05) is 0 Å². The quantitative estimate of drug-likeness (QED) is 0.896. The number of rotatable bonds is 3. The molecule has 1 aromatic carbocycles. The molecule has 1 atom stereocenters. The minimum absolute atomic E-state index is 0.249. The number of benzene rings is 1. The summed E-state index contributed by atoms with van der Waals surface area (Å²) in [4.78, 5) is 2.41. The van der Waals surface area contributed by atoms with Crippen molar-refractivity contribution in [2.75, 3.05) is 31.1 Å². The highest BCUT2D eigenvalue weighted by Gasteiger charge is 2.20. The summed E-state index contributed by atoms with van der Waals surface area (Å²) in [6, 6.07) is 8.82. The largest absolute Gasteiger partial charge is 0.396 e. The van der Waals surface area contributed by atoms with E-state index in [9.17, 15) is 0 Å². The molecule has 0 aromatic heterocycles. The molecule has 4 heteroatoms. The number of hydrogen-bond acceptors (Lipinski definition) is 3. The molecule has 0 radical (unpaired) electrons. The molecule has 94 valence electrons. The Morgan fingerprint density at radius 3 is 2.82 bits per heavy atom. The van der Waals surface area contributed by atoms with Gasteiger partial charge in [0, 0.05) is 35.9 Å². The van der Waals surface area contributed by atoms with Gasteiger partial charge in [0.2, 0.25) is 0 Å². The van der Waals surface area contributed by atoms with E-state index < -0.39 is 0 Å². The first-order chi connectivity index (χ1) is 8.31. The maximum Gasteiger partial charge on any atom is 0.0451 e. The third kappa shape index (κ3) is 3.44. The van der Waals surface area contributed by atoms with Crippen LogP contribution in [0.15, 0.2) is 28.7 Å². The Hall–Kier alpha value is -0.580. The summed E-state index contributed by atoms with van der Waals surface area (Å²) >= 11 is 3.46. The maximum atomic E-state index is 9.16. The molecular weight excluding hydrogens is 280 g/mol. The van der Waals surface area contributed by atoms with E-state index in [0.29, 0.717) is 6.04 Å². The molecule has 0 bridgehead atoms. The third-order valence-corrected chi connectivity index (χ3v) is 3.72. The average Bonchev–Trinajstić information content (AvgIpc) is 2.56. The molecule has 1 aromatic rings. The van der Waals surface area contributed by atoms with Crippen LogP contribution < -0.4 is 10.2 Å². The van der Waals surface area contributed by atoms with Crippen LogP contribution in [-0.2, 0) is 0 Å². The predicted molar refractivity (Wildman–Crippen MR) is 74.5 cm³/mol. The van der Waals surface area contributed by atoms with Crippen molar-refractivity contribution in [3.05, 3.63) is 28.7 Å². The fourth-order valence-electron chi connectivity index (χ4n) is 2.32. The van der Waals surface area contributed by atoms with Crippen LogP contribution in [0.2, 0.25) is 0 Å². The van der Waals surface area contributed by atoms with E-state index in [4.69, 9.17) is 5.11 Å². The molecule has 1 saturated heterocycles. The fourth-order valence-corrected chi connectivity index (χ4v) is 2.58. The molecule has 1 heterocycles. The summed E-state index contributed by atoms with van der Waals surface area (Å²) in [5.41, 5.74) is 1.25. The minimum Gasteiger partial charge on any atom is -0.396 e. The Morgan fingerprint density at radius 1 is 1.35 bits per heavy atom. The summed E-state index contributed by atoms with van der Waals surface area (Å²) < 4.78 is 1.10. The second-order valence-electron chi connectivity index (χ2n) is 4.39. The van der Waals surface area contributed by atoms with Crippen LogP contribution in [0.1, 0.15) is 12.8 Å². The van der Waals surface area contributed by atoms with Gasteiger partial charge in [-0.2, -0.15) is 0 Å². The highest BCUT2D eigenvalue weighted by atomic mass is 79.9. The maximum absolute atomic E-state index is 9.16. The first-order valence-electron chi connectivity index (χ1n) is 6.15. The van der Waals surface area contributed by atoms with E-state index in [2.05, 4.69) is 50.4 Å². The Kier molecular flexibility index (Phi) is 4.83. The van der Waals surface area contributed by atoms with Gasteiger partial charge in [0.25, 0.3) is 0 Å². The lowest BCUT2D eigenvalue weighted by molar-refractivity contribution is 0.273. The molecule has 1 unspecified atom stereocenters. The van der Waals surface area contributed by atoms with Crippen LogP contribution in [0.25, 0.3) is 0 Å². The summed E-state index contributed by atoms with van der Waals surface area (Å²) in [7, 11) is 0. The average molecular weight is 299 g/mol. The molecule has 3 nitrogen and oxygen atoms in total. The van der Waals surface area contributed by atoms with Gasteiger partial charge in [-0.3, -0.25) is 0 Å². The lowest BCUT2D eigenvalue weighted by Gasteiger charge is -2.31. The molecule has 0 amide bonds. The highest BCUT2D eigenvalue weighted by Crippen LogP contribution is 2.22. The van der Waals surface area contributed by atoms with E-state index >= 15 is 0 Å². The van der Waals surface area contributed by atoms with Gasteiger partial charge < -0.3 is 15.3 Å². The second-order valence-corrected chi connectivity index (χ2v) is 5.31. The minimum atomic E-state index is 0.249. The van der Waals surface area contributed by atoms with Crippen molar-refractivity contribution in [3.8, 4) is 0 Å². The molecule has 1 fully saturated rings. The first-order valence-corrected chi connectivity index (χ1v) is 6.94. The normalized spacial score (nSPS) is 21.3. The van der Waals surface area contributed by atoms with Gasteiger partial charge in [0.15, 0.2) is 0 Å². The third-order valence-electron chi connectivity index (χ3n) is 3.19. The number of nitrogens with zero attached hydrogens (tertiary/aromatic N) is 1. The van der Waals surface area contributed by atoms with Gasteiger partial charge >= 0.3 is 0 Å². The number of halogens is 1. The highest BCUT2D eigenvalue weighted by molar-refractivity contribution is 9.10. The van der Waals surface area contributed by atoms with Gasteiger partial charge in [-0.1, -0.05) is 15.9 Å². The summed E-state index contributed by atoms with van der Waals surface area (Å²) in [6.45, 7) is 3.32. The zero-order valence-corrected chi connectivity index (χ0v) is 11.5.